The normalized spacial score (nSPS) is 11.8. The van der Waals surface area contributed by atoms with Gasteiger partial charge in [0.1, 0.15) is 11.9 Å². The molecule has 6 heteroatoms. The Hall–Kier alpha value is -2.76. The summed E-state index contributed by atoms with van der Waals surface area (Å²) in [7, 11) is 0. The molecule has 1 aromatic carbocycles. The average molecular weight is 329 g/mol. The van der Waals surface area contributed by atoms with Gasteiger partial charge >= 0.3 is 0 Å². The van der Waals surface area contributed by atoms with Gasteiger partial charge < -0.3 is 10.6 Å². The highest BCUT2D eigenvalue weighted by Crippen LogP contribution is 2.07. The van der Waals surface area contributed by atoms with Gasteiger partial charge in [-0.15, -0.1) is 0 Å². The molecule has 24 heavy (non-hydrogen) atoms. The minimum Gasteiger partial charge on any atom is -0.350 e. The summed E-state index contributed by atoms with van der Waals surface area (Å²) >= 11 is 0. The Balaban J connectivity index is 2.00. The van der Waals surface area contributed by atoms with Crippen LogP contribution in [0.25, 0.3) is 0 Å². The van der Waals surface area contributed by atoms with Gasteiger partial charge in [0.05, 0.1) is 0 Å². The zero-order valence-corrected chi connectivity index (χ0v) is 13.6. The Morgan fingerprint density at radius 3 is 2.62 bits per heavy atom. The topological polar surface area (TPSA) is 71.1 Å². The van der Waals surface area contributed by atoms with E-state index in [0.29, 0.717) is 6.54 Å². The van der Waals surface area contributed by atoms with Crippen LogP contribution in [-0.4, -0.2) is 22.8 Å². The van der Waals surface area contributed by atoms with E-state index in [9.17, 15) is 14.0 Å². The van der Waals surface area contributed by atoms with E-state index in [-0.39, 0.29) is 17.4 Å². The Kier molecular flexibility index (Phi) is 6.01. The zero-order valence-electron chi connectivity index (χ0n) is 13.6. The summed E-state index contributed by atoms with van der Waals surface area (Å²) in [5, 5.41) is 5.44. The molecule has 0 aliphatic heterocycles. The van der Waals surface area contributed by atoms with Crippen molar-refractivity contribution in [2.45, 2.75) is 26.4 Å². The Bertz CT molecular complexity index is 704. The second-order valence-corrected chi connectivity index (χ2v) is 5.78. The smallest absolute Gasteiger partial charge is 0.252 e. The van der Waals surface area contributed by atoms with E-state index >= 15 is 0 Å². The largest absolute Gasteiger partial charge is 0.350 e. The third-order valence-corrected chi connectivity index (χ3v) is 3.51. The van der Waals surface area contributed by atoms with Crippen molar-refractivity contribution in [3.8, 4) is 0 Å². The van der Waals surface area contributed by atoms with Crippen LogP contribution in [0.3, 0.4) is 0 Å². The van der Waals surface area contributed by atoms with E-state index in [1.54, 1.807) is 18.5 Å². The van der Waals surface area contributed by atoms with Crippen LogP contribution < -0.4 is 10.6 Å². The first-order valence-electron chi connectivity index (χ1n) is 7.70. The number of amides is 2. The summed E-state index contributed by atoms with van der Waals surface area (Å²) in [6.45, 7) is 3.99. The van der Waals surface area contributed by atoms with Crippen molar-refractivity contribution < 1.29 is 14.0 Å². The van der Waals surface area contributed by atoms with Crippen molar-refractivity contribution in [1.29, 1.82) is 0 Å². The second-order valence-electron chi connectivity index (χ2n) is 5.78. The lowest BCUT2D eigenvalue weighted by Crippen LogP contribution is -2.49. The lowest BCUT2D eigenvalue weighted by atomic mass is 10.0. The third-order valence-electron chi connectivity index (χ3n) is 3.51. The average Bonchev–Trinajstić information content (AvgIpc) is 2.58. The third kappa shape index (κ3) is 4.87. The first kappa shape index (κ1) is 17.6. The first-order chi connectivity index (χ1) is 11.5. The molecule has 1 heterocycles. The highest BCUT2D eigenvalue weighted by Gasteiger charge is 2.24. The van der Waals surface area contributed by atoms with Gasteiger partial charge in [-0.2, -0.15) is 0 Å². The molecule has 0 aliphatic rings. The maximum Gasteiger partial charge on any atom is 0.252 e. The van der Waals surface area contributed by atoms with E-state index in [1.165, 1.54) is 18.2 Å². The molecular weight excluding hydrogens is 309 g/mol. The minimum atomic E-state index is -0.711. The van der Waals surface area contributed by atoms with Crippen LogP contribution in [0.15, 0.2) is 48.8 Å². The summed E-state index contributed by atoms with van der Waals surface area (Å²) in [6.07, 6.45) is 3.32. The number of nitrogens with zero attached hydrogens (tertiary/aromatic N) is 1. The molecule has 126 valence electrons. The molecule has 0 unspecified atom stereocenters. The Labute approximate surface area is 140 Å². The number of halogens is 1. The van der Waals surface area contributed by atoms with Crippen LogP contribution in [0.5, 0.6) is 0 Å². The summed E-state index contributed by atoms with van der Waals surface area (Å²) in [6, 6.07) is 8.28. The van der Waals surface area contributed by atoms with E-state index in [1.807, 2.05) is 19.9 Å². The molecule has 2 rings (SSSR count). The monoisotopic (exact) mass is 329 g/mol. The molecule has 1 atom stereocenters. The van der Waals surface area contributed by atoms with Crippen molar-refractivity contribution in [2.75, 3.05) is 0 Å². The summed E-state index contributed by atoms with van der Waals surface area (Å²) in [4.78, 5) is 28.6. The number of benzene rings is 1. The number of hydrogen-bond donors (Lipinski definition) is 2. The van der Waals surface area contributed by atoms with Crippen LogP contribution >= 0.6 is 0 Å². The van der Waals surface area contributed by atoms with E-state index in [0.717, 1.165) is 11.6 Å². The van der Waals surface area contributed by atoms with Crippen molar-refractivity contribution in [1.82, 2.24) is 15.6 Å². The highest BCUT2D eigenvalue weighted by molar-refractivity contribution is 5.97. The minimum absolute atomic E-state index is 0.114. The van der Waals surface area contributed by atoms with Crippen LogP contribution in [0.1, 0.15) is 29.8 Å². The predicted octanol–water partition coefficient (Wildman–Crippen LogP) is 2.29. The number of pyridine rings is 1. The van der Waals surface area contributed by atoms with Gasteiger partial charge in [-0.3, -0.25) is 14.6 Å². The first-order valence-corrected chi connectivity index (χ1v) is 7.70. The standard InChI is InChI=1S/C18H20FN3O2/c1-12(2)16(18(24)21-11-13-5-4-8-20-10-13)22-17(23)14-6-3-7-15(19)9-14/h3-10,12,16H,11H2,1-2H3,(H,21,24)(H,22,23)/t16-/m1/s1. The van der Waals surface area contributed by atoms with Crippen molar-refractivity contribution in [3.63, 3.8) is 0 Å². The molecule has 2 amide bonds. The van der Waals surface area contributed by atoms with Crippen LogP contribution in [0, 0.1) is 11.7 Å². The SMILES string of the molecule is CC(C)[C@@H](NC(=O)c1cccc(F)c1)C(=O)NCc1cccnc1. The summed E-state index contributed by atoms with van der Waals surface area (Å²) in [5.41, 5.74) is 1.05. The zero-order chi connectivity index (χ0) is 17.5. The fourth-order valence-electron chi connectivity index (χ4n) is 2.19. The number of carbonyl (C=O) groups excluding carboxylic acids is 2. The maximum absolute atomic E-state index is 13.2. The molecule has 2 N–H and O–H groups in total. The molecule has 0 bridgehead atoms. The molecule has 2 aromatic rings. The van der Waals surface area contributed by atoms with Gasteiger partial charge in [0.25, 0.3) is 5.91 Å². The van der Waals surface area contributed by atoms with Crippen molar-refractivity contribution >= 4 is 11.8 Å². The predicted molar refractivity (Wildman–Crippen MR) is 88.6 cm³/mol. The highest BCUT2D eigenvalue weighted by atomic mass is 19.1. The second kappa shape index (κ2) is 8.19. The fraction of sp³-hybridized carbons (Fsp3) is 0.278. The Morgan fingerprint density at radius 1 is 1.21 bits per heavy atom. The van der Waals surface area contributed by atoms with Gasteiger partial charge in [-0.1, -0.05) is 26.0 Å². The lowest BCUT2D eigenvalue weighted by molar-refractivity contribution is -0.124. The quantitative estimate of drug-likeness (QED) is 0.854. The fourth-order valence-corrected chi connectivity index (χ4v) is 2.19. The van der Waals surface area contributed by atoms with Gasteiger partial charge in [-0.25, -0.2) is 4.39 Å². The molecule has 0 aliphatic carbocycles. The van der Waals surface area contributed by atoms with E-state index < -0.39 is 17.8 Å². The van der Waals surface area contributed by atoms with Gasteiger partial charge in [0.15, 0.2) is 0 Å². The Morgan fingerprint density at radius 2 is 2.00 bits per heavy atom. The maximum atomic E-state index is 13.2. The summed E-state index contributed by atoms with van der Waals surface area (Å²) in [5.74, 6) is -1.38. The van der Waals surface area contributed by atoms with Crippen molar-refractivity contribution in [3.05, 3.63) is 65.7 Å². The van der Waals surface area contributed by atoms with Crippen molar-refractivity contribution in [2.24, 2.45) is 5.92 Å². The number of carbonyl (C=O) groups is 2. The molecule has 5 nitrogen and oxygen atoms in total. The molecular formula is C18H20FN3O2. The van der Waals surface area contributed by atoms with Crippen LogP contribution in [-0.2, 0) is 11.3 Å². The van der Waals surface area contributed by atoms with E-state index in [4.69, 9.17) is 0 Å². The van der Waals surface area contributed by atoms with Gasteiger partial charge in [0, 0.05) is 24.5 Å². The van der Waals surface area contributed by atoms with Crippen LogP contribution in [0.2, 0.25) is 0 Å². The molecule has 0 fully saturated rings. The lowest BCUT2D eigenvalue weighted by Gasteiger charge is -2.21. The summed E-state index contributed by atoms with van der Waals surface area (Å²) < 4.78 is 13.2. The number of hydrogen-bond acceptors (Lipinski definition) is 3. The molecule has 0 saturated carbocycles. The number of nitrogens with one attached hydrogen (secondary N) is 2. The van der Waals surface area contributed by atoms with Gasteiger partial charge in [0.2, 0.25) is 5.91 Å². The number of aromatic nitrogens is 1. The molecule has 1 aromatic heterocycles. The van der Waals surface area contributed by atoms with Gasteiger partial charge in [-0.05, 0) is 35.7 Å². The number of rotatable bonds is 6. The molecule has 0 saturated heterocycles. The van der Waals surface area contributed by atoms with E-state index in [2.05, 4.69) is 15.6 Å². The molecule has 0 spiro atoms. The van der Waals surface area contributed by atoms with Crippen LogP contribution in [0.4, 0.5) is 4.39 Å². The molecule has 0 radical (unpaired) electrons.